The van der Waals surface area contributed by atoms with Gasteiger partial charge in [-0.25, -0.2) is 26.7 Å². The lowest BCUT2D eigenvalue weighted by atomic mass is 10.1. The maximum absolute atomic E-state index is 13.9. The van der Waals surface area contributed by atoms with Crippen LogP contribution in [0.3, 0.4) is 0 Å². The molecule has 2 rings (SSSR count). The lowest BCUT2D eigenvalue weighted by molar-refractivity contribution is 0.0195. The van der Waals surface area contributed by atoms with Gasteiger partial charge in [0.05, 0.1) is 4.47 Å². The van der Waals surface area contributed by atoms with E-state index >= 15 is 0 Å². The number of hydrogen-bond acceptors (Lipinski definition) is 4. The molecule has 146 valence electrons. The molecule has 1 fully saturated rings. The molecule has 0 saturated carbocycles. The van der Waals surface area contributed by atoms with Gasteiger partial charge in [0.1, 0.15) is 22.1 Å². The average Bonchev–Trinajstić information content (AvgIpc) is 2.49. The molecule has 0 radical (unpaired) electrons. The summed E-state index contributed by atoms with van der Waals surface area (Å²) in [5.41, 5.74) is -0.660. The van der Waals surface area contributed by atoms with Gasteiger partial charge in [-0.2, -0.15) is 0 Å². The van der Waals surface area contributed by atoms with Gasteiger partial charge in [-0.05, 0) is 55.6 Å². The van der Waals surface area contributed by atoms with Crippen LogP contribution in [0.2, 0.25) is 0 Å². The second-order valence-electron chi connectivity index (χ2n) is 7.08. The van der Waals surface area contributed by atoms with Crippen molar-refractivity contribution in [2.45, 2.75) is 50.2 Å². The highest BCUT2D eigenvalue weighted by Gasteiger charge is 2.31. The van der Waals surface area contributed by atoms with Crippen LogP contribution in [0, 0.1) is 11.6 Å². The Morgan fingerprint density at radius 3 is 2.58 bits per heavy atom. The van der Waals surface area contributed by atoms with Gasteiger partial charge in [-0.3, -0.25) is 0 Å². The third-order valence-electron chi connectivity index (χ3n) is 3.66. The van der Waals surface area contributed by atoms with Gasteiger partial charge in [0.15, 0.2) is 0 Å². The number of nitrogens with zero attached hydrogens (tertiary/aromatic N) is 1. The molecule has 0 aliphatic carbocycles. The summed E-state index contributed by atoms with van der Waals surface area (Å²) in [4.78, 5) is 12.9. The molecule has 1 heterocycles. The number of hydrogen-bond donors (Lipinski definition) is 1. The first-order valence-electron chi connectivity index (χ1n) is 8.04. The van der Waals surface area contributed by atoms with E-state index in [4.69, 9.17) is 4.74 Å². The fraction of sp³-hybridized carbons (Fsp3) is 0.562. The molecule has 1 amide bonds. The number of ether oxygens (including phenoxy) is 1. The standard InChI is InChI=1S/C16H21BrF2N2O4S/c1-16(2,3)25-15(22)21-6-4-5-10(9-21)20-26(23,24)14-7-11(17)12(18)8-13(14)19/h7-8,10,20H,4-6,9H2,1-3H3. The molecule has 6 nitrogen and oxygen atoms in total. The van der Waals surface area contributed by atoms with Crippen LogP contribution in [0.1, 0.15) is 33.6 Å². The Hall–Kier alpha value is -1.26. The fourth-order valence-electron chi connectivity index (χ4n) is 2.56. The van der Waals surface area contributed by atoms with E-state index in [9.17, 15) is 22.0 Å². The van der Waals surface area contributed by atoms with Crippen LogP contribution < -0.4 is 4.72 Å². The van der Waals surface area contributed by atoms with Gasteiger partial charge in [0.2, 0.25) is 10.0 Å². The summed E-state index contributed by atoms with van der Waals surface area (Å²) >= 11 is 2.85. The molecular formula is C16H21BrF2N2O4S. The highest BCUT2D eigenvalue weighted by Crippen LogP contribution is 2.24. The first-order chi connectivity index (χ1) is 11.9. The summed E-state index contributed by atoms with van der Waals surface area (Å²) in [5.74, 6) is -2.08. The second kappa shape index (κ2) is 7.77. The Labute approximate surface area is 160 Å². The van der Waals surface area contributed by atoms with E-state index in [-0.39, 0.29) is 11.0 Å². The minimum atomic E-state index is -4.21. The quantitative estimate of drug-likeness (QED) is 0.709. The van der Waals surface area contributed by atoms with Crippen LogP contribution in [-0.2, 0) is 14.8 Å². The van der Waals surface area contributed by atoms with Crippen molar-refractivity contribution in [2.75, 3.05) is 13.1 Å². The number of amides is 1. The normalized spacial score (nSPS) is 18.7. The minimum absolute atomic E-state index is 0.109. The Balaban J connectivity index is 2.12. The van der Waals surface area contributed by atoms with Crippen molar-refractivity contribution < 1.29 is 26.7 Å². The summed E-state index contributed by atoms with van der Waals surface area (Å²) in [5, 5.41) is 0. The van der Waals surface area contributed by atoms with Gasteiger partial charge < -0.3 is 9.64 Å². The number of piperidine rings is 1. The number of rotatable bonds is 3. The van der Waals surface area contributed by atoms with Gasteiger partial charge in [-0.1, -0.05) is 0 Å². The van der Waals surface area contributed by atoms with E-state index in [1.54, 1.807) is 20.8 Å². The Bertz CT molecular complexity index is 796. The highest BCUT2D eigenvalue weighted by molar-refractivity contribution is 9.10. The molecule has 26 heavy (non-hydrogen) atoms. The van der Waals surface area contributed by atoms with Crippen LogP contribution in [0.25, 0.3) is 0 Å². The number of benzene rings is 1. The molecule has 0 spiro atoms. The summed E-state index contributed by atoms with van der Waals surface area (Å²) in [6, 6.07) is 0.790. The van der Waals surface area contributed by atoms with E-state index < -0.39 is 44.3 Å². The molecule has 0 bridgehead atoms. The third kappa shape index (κ3) is 5.37. The van der Waals surface area contributed by atoms with Gasteiger partial charge in [0, 0.05) is 25.2 Å². The van der Waals surface area contributed by atoms with E-state index in [1.807, 2.05) is 0 Å². The van der Waals surface area contributed by atoms with Gasteiger partial charge >= 0.3 is 6.09 Å². The zero-order valence-electron chi connectivity index (χ0n) is 14.7. The summed E-state index contributed by atoms with van der Waals surface area (Å²) in [6.07, 6.45) is 0.530. The predicted molar refractivity (Wildman–Crippen MR) is 95.2 cm³/mol. The van der Waals surface area contributed by atoms with Crippen molar-refractivity contribution in [1.29, 1.82) is 0 Å². The molecule has 10 heteroatoms. The van der Waals surface area contributed by atoms with Gasteiger partial charge in [0.25, 0.3) is 0 Å². The molecule has 0 aromatic heterocycles. The molecule has 1 aromatic rings. The van der Waals surface area contributed by atoms with E-state index in [1.165, 1.54) is 4.90 Å². The topological polar surface area (TPSA) is 75.7 Å². The molecule has 1 aliphatic heterocycles. The number of carbonyl (C=O) groups is 1. The number of halogens is 3. The maximum atomic E-state index is 13.9. The zero-order valence-corrected chi connectivity index (χ0v) is 17.1. The average molecular weight is 455 g/mol. The van der Waals surface area contributed by atoms with Crippen LogP contribution >= 0.6 is 15.9 Å². The van der Waals surface area contributed by atoms with Crippen LogP contribution in [-0.4, -0.2) is 44.1 Å². The van der Waals surface area contributed by atoms with Crippen molar-refractivity contribution >= 4 is 32.0 Å². The molecular weight excluding hydrogens is 434 g/mol. The number of sulfonamides is 1. The SMILES string of the molecule is CC(C)(C)OC(=O)N1CCCC(NS(=O)(=O)c2cc(Br)c(F)cc2F)C1. The Morgan fingerprint density at radius 2 is 1.96 bits per heavy atom. The van der Waals surface area contributed by atoms with E-state index in [0.29, 0.717) is 25.5 Å². The molecule has 1 saturated heterocycles. The molecule has 1 aromatic carbocycles. The number of nitrogens with one attached hydrogen (secondary N) is 1. The maximum Gasteiger partial charge on any atom is 0.410 e. The first kappa shape index (κ1) is 21.0. The van der Waals surface area contributed by atoms with Crippen molar-refractivity contribution in [3.63, 3.8) is 0 Å². The lowest BCUT2D eigenvalue weighted by Gasteiger charge is -2.34. The second-order valence-corrected chi connectivity index (χ2v) is 9.62. The Morgan fingerprint density at radius 1 is 1.31 bits per heavy atom. The van der Waals surface area contributed by atoms with Crippen LogP contribution in [0.15, 0.2) is 21.5 Å². The predicted octanol–water partition coefficient (Wildman–Crippen LogP) is 3.41. The van der Waals surface area contributed by atoms with Crippen molar-refractivity contribution in [2.24, 2.45) is 0 Å². The van der Waals surface area contributed by atoms with Gasteiger partial charge in [-0.15, -0.1) is 0 Å². The zero-order chi connectivity index (χ0) is 19.7. The van der Waals surface area contributed by atoms with Crippen molar-refractivity contribution in [1.82, 2.24) is 9.62 Å². The first-order valence-corrected chi connectivity index (χ1v) is 10.3. The smallest absolute Gasteiger partial charge is 0.410 e. The monoisotopic (exact) mass is 454 g/mol. The lowest BCUT2D eigenvalue weighted by Crippen LogP contribution is -2.50. The fourth-order valence-corrected chi connectivity index (χ4v) is 4.40. The van der Waals surface area contributed by atoms with Crippen LogP contribution in [0.4, 0.5) is 13.6 Å². The van der Waals surface area contributed by atoms with Crippen molar-refractivity contribution in [3.8, 4) is 0 Å². The Kier molecular flexibility index (Phi) is 6.29. The van der Waals surface area contributed by atoms with Crippen LogP contribution in [0.5, 0.6) is 0 Å². The highest BCUT2D eigenvalue weighted by atomic mass is 79.9. The molecule has 1 N–H and O–H groups in total. The minimum Gasteiger partial charge on any atom is -0.444 e. The van der Waals surface area contributed by atoms with Crippen molar-refractivity contribution in [3.05, 3.63) is 28.2 Å². The molecule has 1 unspecified atom stereocenters. The number of carbonyl (C=O) groups excluding carboxylic acids is 1. The van der Waals surface area contributed by atoms with E-state index in [0.717, 1.165) is 6.07 Å². The summed E-state index contributed by atoms with van der Waals surface area (Å²) < 4.78 is 59.7. The summed E-state index contributed by atoms with van der Waals surface area (Å²) in [7, 11) is -4.21. The number of likely N-dealkylation sites (tertiary alicyclic amines) is 1. The largest absolute Gasteiger partial charge is 0.444 e. The molecule has 1 aliphatic rings. The third-order valence-corrected chi connectivity index (χ3v) is 5.80. The summed E-state index contributed by atoms with van der Waals surface area (Å²) in [6.45, 7) is 5.78. The molecule has 1 atom stereocenters. The van der Waals surface area contributed by atoms with E-state index in [2.05, 4.69) is 20.7 Å².